The summed E-state index contributed by atoms with van der Waals surface area (Å²) >= 11 is 0. The van der Waals surface area contributed by atoms with Crippen LogP contribution in [0.3, 0.4) is 0 Å². The summed E-state index contributed by atoms with van der Waals surface area (Å²) in [6.45, 7) is 3.56. The van der Waals surface area contributed by atoms with Crippen LogP contribution in [0.1, 0.15) is 24.0 Å². The summed E-state index contributed by atoms with van der Waals surface area (Å²) in [6.07, 6.45) is 1.86. The van der Waals surface area contributed by atoms with Gasteiger partial charge < -0.3 is 19.3 Å². The third-order valence-electron chi connectivity index (χ3n) is 5.61. The van der Waals surface area contributed by atoms with Crippen LogP contribution < -0.4 is 14.4 Å². The summed E-state index contributed by atoms with van der Waals surface area (Å²) in [5.41, 5.74) is 2.33. The minimum Gasteiger partial charge on any atom is -0.493 e. The van der Waals surface area contributed by atoms with Crippen LogP contribution in [0.25, 0.3) is 0 Å². The average molecular weight is 384 g/mol. The molecule has 0 aromatic heterocycles. The van der Waals surface area contributed by atoms with Crippen molar-refractivity contribution < 1.29 is 19.2 Å². The zero-order valence-electron chi connectivity index (χ0n) is 17.1. The predicted octanol–water partition coefficient (Wildman–Crippen LogP) is 2.16. The predicted molar refractivity (Wildman–Crippen MR) is 110 cm³/mol. The molecule has 0 unspecified atom stereocenters. The zero-order valence-corrected chi connectivity index (χ0v) is 17.1. The molecule has 0 spiro atoms. The maximum atomic E-state index is 12.8. The van der Waals surface area contributed by atoms with Gasteiger partial charge >= 0.3 is 0 Å². The Kier molecular flexibility index (Phi) is 6.93. The Balaban J connectivity index is 1.54. The molecule has 2 aromatic rings. The number of carbonyl (C=O) groups excluding carboxylic acids is 1. The summed E-state index contributed by atoms with van der Waals surface area (Å²) in [5.74, 6) is 1.98. The fourth-order valence-corrected chi connectivity index (χ4v) is 4.06. The first-order valence-electron chi connectivity index (χ1n) is 9.94. The Bertz CT molecular complexity index is 771. The van der Waals surface area contributed by atoms with E-state index in [9.17, 15) is 4.79 Å². The van der Waals surface area contributed by atoms with Crippen LogP contribution in [0.15, 0.2) is 48.5 Å². The number of hydrogen-bond donors (Lipinski definition) is 1. The highest BCUT2D eigenvalue weighted by atomic mass is 16.5. The second-order valence-corrected chi connectivity index (χ2v) is 7.53. The SMILES string of the molecule is COc1cccc(C[NH+]2CCC(C(=O)N(C)Cc3ccccc3)CC2)c1OC. The van der Waals surface area contributed by atoms with Crippen LogP contribution in [-0.2, 0) is 17.9 Å². The molecule has 1 saturated heterocycles. The van der Waals surface area contributed by atoms with Crippen LogP contribution in [0, 0.1) is 5.92 Å². The molecule has 5 nitrogen and oxygen atoms in total. The van der Waals surface area contributed by atoms with Crippen molar-refractivity contribution in [2.45, 2.75) is 25.9 Å². The van der Waals surface area contributed by atoms with Crippen molar-refractivity contribution >= 4 is 5.91 Å². The second-order valence-electron chi connectivity index (χ2n) is 7.53. The molecule has 0 radical (unpaired) electrons. The fourth-order valence-electron chi connectivity index (χ4n) is 4.06. The van der Waals surface area contributed by atoms with Gasteiger partial charge in [0.05, 0.1) is 32.9 Å². The van der Waals surface area contributed by atoms with Gasteiger partial charge in [0.15, 0.2) is 11.5 Å². The Morgan fingerprint density at radius 1 is 1.04 bits per heavy atom. The monoisotopic (exact) mass is 383 g/mol. The Morgan fingerprint density at radius 3 is 2.39 bits per heavy atom. The number of benzene rings is 2. The normalized spacial score (nSPS) is 19.1. The van der Waals surface area contributed by atoms with Crippen molar-refractivity contribution in [2.75, 3.05) is 34.4 Å². The van der Waals surface area contributed by atoms with Crippen LogP contribution >= 0.6 is 0 Å². The van der Waals surface area contributed by atoms with Crippen molar-refractivity contribution in [1.29, 1.82) is 0 Å². The number of nitrogens with one attached hydrogen (secondary N) is 1. The number of methoxy groups -OCH3 is 2. The average Bonchev–Trinajstić information content (AvgIpc) is 2.74. The molecule has 1 aliphatic heterocycles. The van der Waals surface area contributed by atoms with Crippen molar-refractivity contribution in [3.05, 3.63) is 59.7 Å². The first-order chi connectivity index (χ1) is 13.6. The molecule has 150 valence electrons. The molecule has 1 heterocycles. The number of carbonyl (C=O) groups is 1. The van der Waals surface area contributed by atoms with E-state index in [2.05, 4.69) is 18.2 Å². The number of quaternary nitrogens is 1. The van der Waals surface area contributed by atoms with E-state index in [4.69, 9.17) is 9.47 Å². The van der Waals surface area contributed by atoms with Crippen LogP contribution in [0.5, 0.6) is 11.5 Å². The highest BCUT2D eigenvalue weighted by Crippen LogP contribution is 2.30. The lowest BCUT2D eigenvalue weighted by Gasteiger charge is -2.31. The number of nitrogens with zero attached hydrogens (tertiary/aromatic N) is 1. The van der Waals surface area contributed by atoms with Gasteiger partial charge in [0, 0.05) is 32.4 Å². The third kappa shape index (κ3) is 4.84. The summed E-state index contributed by atoms with van der Waals surface area (Å²) in [4.78, 5) is 16.2. The minimum atomic E-state index is 0.129. The van der Waals surface area contributed by atoms with Crippen molar-refractivity contribution in [1.82, 2.24) is 4.90 Å². The highest BCUT2D eigenvalue weighted by molar-refractivity contribution is 5.78. The summed E-state index contributed by atoms with van der Waals surface area (Å²) in [5, 5.41) is 0. The van der Waals surface area contributed by atoms with E-state index in [0.29, 0.717) is 6.54 Å². The summed E-state index contributed by atoms with van der Waals surface area (Å²) < 4.78 is 11.0. The fraction of sp³-hybridized carbons (Fsp3) is 0.435. The zero-order chi connectivity index (χ0) is 19.9. The quantitative estimate of drug-likeness (QED) is 0.797. The molecule has 28 heavy (non-hydrogen) atoms. The van der Waals surface area contributed by atoms with Crippen molar-refractivity contribution in [3.8, 4) is 11.5 Å². The molecule has 1 aliphatic rings. The van der Waals surface area contributed by atoms with E-state index in [0.717, 1.165) is 49.5 Å². The van der Waals surface area contributed by atoms with Gasteiger partial charge in [-0.2, -0.15) is 0 Å². The topological polar surface area (TPSA) is 43.2 Å². The summed E-state index contributed by atoms with van der Waals surface area (Å²) in [6, 6.07) is 16.2. The highest BCUT2D eigenvalue weighted by Gasteiger charge is 2.30. The second kappa shape index (κ2) is 9.60. The Hall–Kier alpha value is -2.53. The molecule has 1 fully saturated rings. The minimum absolute atomic E-state index is 0.129. The third-order valence-corrected chi connectivity index (χ3v) is 5.61. The standard InChI is InChI=1S/C23H30N2O3/c1-24(16-18-8-5-4-6-9-18)23(26)19-12-14-25(15-13-19)17-20-10-7-11-21(27-2)22(20)28-3/h4-11,19H,12-17H2,1-3H3/p+1. The largest absolute Gasteiger partial charge is 0.493 e. The van der Waals surface area contributed by atoms with Crippen molar-refractivity contribution in [3.63, 3.8) is 0 Å². The molecule has 0 atom stereocenters. The molecular weight excluding hydrogens is 352 g/mol. The lowest BCUT2D eigenvalue weighted by atomic mass is 9.94. The molecule has 1 N–H and O–H groups in total. The number of para-hydroxylation sites is 1. The number of piperidine rings is 1. The van der Waals surface area contributed by atoms with Crippen molar-refractivity contribution in [2.24, 2.45) is 5.92 Å². The lowest BCUT2D eigenvalue weighted by Crippen LogP contribution is -3.11. The molecule has 1 amide bonds. The van der Waals surface area contributed by atoms with Gasteiger partial charge in [0.2, 0.25) is 5.91 Å². The first-order valence-corrected chi connectivity index (χ1v) is 9.94. The Morgan fingerprint density at radius 2 is 1.75 bits per heavy atom. The van der Waals surface area contributed by atoms with E-state index in [1.807, 2.05) is 42.3 Å². The van der Waals surface area contributed by atoms with Gasteiger partial charge in [-0.1, -0.05) is 36.4 Å². The number of ether oxygens (including phenoxy) is 2. The van der Waals surface area contributed by atoms with E-state index in [1.165, 1.54) is 10.5 Å². The van der Waals surface area contributed by atoms with E-state index >= 15 is 0 Å². The number of hydrogen-bond acceptors (Lipinski definition) is 3. The summed E-state index contributed by atoms with van der Waals surface area (Å²) in [7, 11) is 5.26. The molecule has 3 rings (SSSR count). The van der Waals surface area contributed by atoms with Gasteiger partial charge in [0.1, 0.15) is 6.54 Å². The molecule has 0 bridgehead atoms. The van der Waals surface area contributed by atoms with E-state index in [-0.39, 0.29) is 11.8 Å². The van der Waals surface area contributed by atoms with E-state index < -0.39 is 0 Å². The molecule has 0 aliphatic carbocycles. The first kappa shape index (κ1) is 20.2. The van der Waals surface area contributed by atoms with Gasteiger partial charge in [0.25, 0.3) is 0 Å². The smallest absolute Gasteiger partial charge is 0.226 e. The van der Waals surface area contributed by atoms with Gasteiger partial charge in [-0.05, 0) is 17.7 Å². The van der Waals surface area contributed by atoms with Crippen LogP contribution in [0.4, 0.5) is 0 Å². The molecule has 5 heteroatoms. The van der Waals surface area contributed by atoms with E-state index in [1.54, 1.807) is 14.2 Å². The number of rotatable bonds is 7. The molecular formula is C23H31N2O3+. The van der Waals surface area contributed by atoms with Crippen LogP contribution in [0.2, 0.25) is 0 Å². The van der Waals surface area contributed by atoms with Gasteiger partial charge in [-0.25, -0.2) is 0 Å². The molecule has 2 aromatic carbocycles. The number of amides is 1. The van der Waals surface area contributed by atoms with Gasteiger partial charge in [-0.3, -0.25) is 4.79 Å². The Labute approximate surface area is 167 Å². The maximum absolute atomic E-state index is 12.8. The molecule has 0 saturated carbocycles. The maximum Gasteiger partial charge on any atom is 0.226 e. The van der Waals surface area contributed by atoms with Gasteiger partial charge in [-0.15, -0.1) is 0 Å². The lowest BCUT2D eigenvalue weighted by molar-refractivity contribution is -0.919. The number of likely N-dealkylation sites (tertiary alicyclic amines) is 1. The van der Waals surface area contributed by atoms with Crippen LogP contribution in [-0.4, -0.2) is 45.2 Å².